The van der Waals surface area contributed by atoms with Crippen LogP contribution in [0, 0.1) is 5.92 Å². The van der Waals surface area contributed by atoms with Crippen molar-refractivity contribution in [1.29, 1.82) is 0 Å². The first-order valence-electron chi connectivity index (χ1n) is 6.98. The molecule has 2 rings (SSSR count). The summed E-state index contributed by atoms with van der Waals surface area (Å²) in [6.45, 7) is 2.89. The average Bonchev–Trinajstić information content (AvgIpc) is 2.91. The first-order valence-corrected chi connectivity index (χ1v) is 8.13. The third kappa shape index (κ3) is 4.16. The highest BCUT2D eigenvalue weighted by atomic mass is 32.2. The second kappa shape index (κ2) is 6.85. The smallest absolute Gasteiger partial charge is 0.314 e. The van der Waals surface area contributed by atoms with Gasteiger partial charge in [-0.3, -0.25) is 0 Å². The summed E-state index contributed by atoms with van der Waals surface area (Å²) in [5.74, 6) is 2.83. The molecule has 1 aliphatic heterocycles. The zero-order chi connectivity index (χ0) is 14.6. The van der Waals surface area contributed by atoms with Crippen molar-refractivity contribution in [1.82, 2.24) is 5.32 Å². The predicted octanol–water partition coefficient (Wildman–Crippen LogP) is 3.98. The van der Waals surface area contributed by atoms with Crippen LogP contribution in [0.1, 0.15) is 24.5 Å². The van der Waals surface area contributed by atoms with E-state index in [0.717, 1.165) is 36.1 Å². The summed E-state index contributed by atoms with van der Waals surface area (Å²) in [5.41, 5.74) is 0.216. The highest BCUT2D eigenvalue weighted by molar-refractivity contribution is 7.99. The molecule has 0 amide bonds. The lowest BCUT2D eigenvalue weighted by molar-refractivity contribution is -0.137. The fraction of sp³-hybridized carbons (Fsp3) is 0.600. The maximum absolute atomic E-state index is 12.7. The lowest BCUT2D eigenvalue weighted by Gasteiger charge is -2.24. The molecule has 5 heteroatoms. The number of hydrogen-bond acceptors (Lipinski definition) is 2. The second-order valence-electron chi connectivity index (χ2n) is 5.19. The van der Waals surface area contributed by atoms with E-state index in [1.807, 2.05) is 18.7 Å². The van der Waals surface area contributed by atoms with Gasteiger partial charge in [-0.15, -0.1) is 0 Å². The number of alkyl halides is 3. The fourth-order valence-corrected chi connectivity index (χ4v) is 4.00. The Hall–Kier alpha value is -0.680. The molecule has 1 aromatic rings. The Balaban J connectivity index is 2.09. The standard InChI is InChI=1S/C15H20F3NS/c1-2-19-14(12-6-7-20-10-12)9-11-4-3-5-13(8-11)15(16,17)18/h3-5,8,12,14,19H,2,6-7,9-10H2,1H3. The molecule has 1 heterocycles. The lowest BCUT2D eigenvalue weighted by atomic mass is 9.92. The third-order valence-electron chi connectivity index (χ3n) is 3.71. The van der Waals surface area contributed by atoms with Crippen LogP contribution >= 0.6 is 11.8 Å². The van der Waals surface area contributed by atoms with Crippen LogP contribution in [0.5, 0.6) is 0 Å². The van der Waals surface area contributed by atoms with Crippen molar-refractivity contribution in [3.63, 3.8) is 0 Å². The van der Waals surface area contributed by atoms with Gasteiger partial charge >= 0.3 is 6.18 Å². The summed E-state index contributed by atoms with van der Waals surface area (Å²) in [7, 11) is 0. The highest BCUT2D eigenvalue weighted by Crippen LogP contribution is 2.31. The lowest BCUT2D eigenvalue weighted by Crippen LogP contribution is -2.38. The van der Waals surface area contributed by atoms with Crippen molar-refractivity contribution in [2.45, 2.75) is 32.0 Å². The van der Waals surface area contributed by atoms with Gasteiger partial charge in [-0.05, 0) is 48.4 Å². The first kappa shape index (κ1) is 15.7. The molecule has 0 aliphatic carbocycles. The predicted molar refractivity (Wildman–Crippen MR) is 78.0 cm³/mol. The molecule has 1 N–H and O–H groups in total. The maximum atomic E-state index is 12.7. The molecular weight excluding hydrogens is 283 g/mol. The topological polar surface area (TPSA) is 12.0 Å². The summed E-state index contributed by atoms with van der Waals surface area (Å²) in [6, 6.07) is 5.99. The minimum Gasteiger partial charge on any atom is -0.314 e. The van der Waals surface area contributed by atoms with Crippen LogP contribution in [0.4, 0.5) is 13.2 Å². The minimum atomic E-state index is -4.26. The summed E-state index contributed by atoms with van der Waals surface area (Å²) in [6.07, 6.45) is -2.43. The largest absolute Gasteiger partial charge is 0.416 e. The van der Waals surface area contributed by atoms with Gasteiger partial charge in [0, 0.05) is 6.04 Å². The van der Waals surface area contributed by atoms with E-state index >= 15 is 0 Å². The number of rotatable bonds is 5. The molecule has 2 unspecified atom stereocenters. The molecule has 0 saturated carbocycles. The van der Waals surface area contributed by atoms with E-state index in [1.54, 1.807) is 6.07 Å². The molecule has 2 atom stereocenters. The Kier molecular flexibility index (Phi) is 5.38. The van der Waals surface area contributed by atoms with Gasteiger partial charge in [0.25, 0.3) is 0 Å². The van der Waals surface area contributed by atoms with E-state index in [1.165, 1.54) is 12.1 Å². The molecule has 20 heavy (non-hydrogen) atoms. The number of hydrogen-bond donors (Lipinski definition) is 1. The number of benzene rings is 1. The molecule has 1 aliphatic rings. The van der Waals surface area contributed by atoms with Crippen LogP contribution in [-0.2, 0) is 12.6 Å². The Bertz CT molecular complexity index is 427. The first-order chi connectivity index (χ1) is 9.50. The van der Waals surface area contributed by atoms with E-state index in [2.05, 4.69) is 5.32 Å². The van der Waals surface area contributed by atoms with Crippen molar-refractivity contribution in [3.05, 3.63) is 35.4 Å². The van der Waals surface area contributed by atoms with Gasteiger partial charge in [-0.1, -0.05) is 25.1 Å². The molecule has 112 valence electrons. The van der Waals surface area contributed by atoms with Crippen molar-refractivity contribution < 1.29 is 13.2 Å². The van der Waals surface area contributed by atoms with E-state index in [4.69, 9.17) is 0 Å². The minimum absolute atomic E-state index is 0.276. The molecular formula is C15H20F3NS. The van der Waals surface area contributed by atoms with Crippen LogP contribution in [0.2, 0.25) is 0 Å². The van der Waals surface area contributed by atoms with Gasteiger partial charge in [-0.2, -0.15) is 24.9 Å². The molecule has 1 saturated heterocycles. The van der Waals surface area contributed by atoms with Gasteiger partial charge in [0.2, 0.25) is 0 Å². The monoisotopic (exact) mass is 303 g/mol. The van der Waals surface area contributed by atoms with Gasteiger partial charge in [-0.25, -0.2) is 0 Å². The summed E-state index contributed by atoms with van der Waals surface area (Å²) in [5, 5.41) is 3.44. The van der Waals surface area contributed by atoms with Gasteiger partial charge in [0.1, 0.15) is 0 Å². The van der Waals surface area contributed by atoms with Crippen LogP contribution in [0.3, 0.4) is 0 Å². The van der Waals surface area contributed by atoms with Gasteiger partial charge in [0.05, 0.1) is 5.56 Å². The SMILES string of the molecule is CCNC(Cc1cccc(C(F)(F)F)c1)C1CCSC1. The van der Waals surface area contributed by atoms with Crippen LogP contribution in [0.25, 0.3) is 0 Å². The van der Waals surface area contributed by atoms with Crippen LogP contribution in [0.15, 0.2) is 24.3 Å². The number of likely N-dealkylation sites (N-methyl/N-ethyl adjacent to an activating group) is 1. The molecule has 0 bridgehead atoms. The summed E-state index contributed by atoms with van der Waals surface area (Å²) >= 11 is 1.93. The van der Waals surface area contributed by atoms with E-state index < -0.39 is 11.7 Å². The Labute approximate surface area is 122 Å². The van der Waals surface area contributed by atoms with Gasteiger partial charge in [0.15, 0.2) is 0 Å². The third-order valence-corrected chi connectivity index (χ3v) is 4.90. The fourth-order valence-electron chi connectivity index (χ4n) is 2.67. The molecule has 0 radical (unpaired) electrons. The van der Waals surface area contributed by atoms with E-state index in [0.29, 0.717) is 12.3 Å². The molecule has 0 spiro atoms. The van der Waals surface area contributed by atoms with E-state index in [9.17, 15) is 13.2 Å². The Morgan fingerprint density at radius 2 is 2.20 bits per heavy atom. The van der Waals surface area contributed by atoms with E-state index in [-0.39, 0.29) is 6.04 Å². The Morgan fingerprint density at radius 1 is 1.40 bits per heavy atom. The molecule has 1 fully saturated rings. The second-order valence-corrected chi connectivity index (χ2v) is 6.34. The zero-order valence-corrected chi connectivity index (χ0v) is 12.4. The van der Waals surface area contributed by atoms with Crippen LogP contribution in [-0.4, -0.2) is 24.1 Å². The van der Waals surface area contributed by atoms with Gasteiger partial charge < -0.3 is 5.32 Å². The van der Waals surface area contributed by atoms with Crippen molar-refractivity contribution >= 4 is 11.8 Å². The number of thioether (sulfide) groups is 1. The quantitative estimate of drug-likeness (QED) is 0.883. The molecule has 1 nitrogen and oxygen atoms in total. The summed E-state index contributed by atoms with van der Waals surface area (Å²) < 4.78 is 38.2. The average molecular weight is 303 g/mol. The zero-order valence-electron chi connectivity index (χ0n) is 11.5. The summed E-state index contributed by atoms with van der Waals surface area (Å²) in [4.78, 5) is 0. The molecule has 0 aromatic heterocycles. The number of halogens is 3. The molecule has 1 aromatic carbocycles. The maximum Gasteiger partial charge on any atom is 0.416 e. The van der Waals surface area contributed by atoms with Crippen LogP contribution < -0.4 is 5.32 Å². The van der Waals surface area contributed by atoms with Crippen molar-refractivity contribution in [2.24, 2.45) is 5.92 Å². The normalized spacial score (nSPS) is 21.1. The highest BCUT2D eigenvalue weighted by Gasteiger charge is 2.31. The van der Waals surface area contributed by atoms with Crippen molar-refractivity contribution in [2.75, 3.05) is 18.1 Å². The number of nitrogens with one attached hydrogen (secondary N) is 1. The van der Waals surface area contributed by atoms with Crippen molar-refractivity contribution in [3.8, 4) is 0 Å². The Morgan fingerprint density at radius 3 is 2.80 bits per heavy atom.